The lowest BCUT2D eigenvalue weighted by Gasteiger charge is -2.21. The smallest absolute Gasteiger partial charge is 0.267 e. The van der Waals surface area contributed by atoms with Crippen molar-refractivity contribution in [1.29, 1.82) is 0 Å². The van der Waals surface area contributed by atoms with Crippen molar-refractivity contribution in [2.75, 3.05) is 5.75 Å². The molecule has 6 nitrogen and oxygen atoms in total. The second kappa shape index (κ2) is 23.9. The number of nitrogens with one attached hydrogen (secondary N) is 1. The molecule has 36 heavy (non-hydrogen) atoms. The van der Waals surface area contributed by atoms with Gasteiger partial charge in [-0.05, 0) is 51.4 Å². The maximum absolute atomic E-state index is 12.3. The summed E-state index contributed by atoms with van der Waals surface area (Å²) in [6.07, 6.45) is 28.7. The van der Waals surface area contributed by atoms with Crippen LogP contribution in [0.5, 0.6) is 0 Å². The zero-order chi connectivity index (χ0) is 26.9. The van der Waals surface area contributed by atoms with E-state index in [2.05, 4.69) is 43.5 Å². The number of allylic oxidation sites excluding steroid dienone is 5. The first-order chi connectivity index (χ1) is 17.3. The van der Waals surface area contributed by atoms with Crippen LogP contribution in [0.1, 0.15) is 123 Å². The summed E-state index contributed by atoms with van der Waals surface area (Å²) in [7, 11) is -4.33. The maximum Gasteiger partial charge on any atom is 0.267 e. The third-order valence-electron chi connectivity index (χ3n) is 6.02. The number of unbranched alkanes of at least 4 members (excludes halogenated alkanes) is 12. The zero-order valence-electron chi connectivity index (χ0n) is 22.9. The minimum atomic E-state index is -4.33. The van der Waals surface area contributed by atoms with E-state index < -0.39 is 28.0 Å². The van der Waals surface area contributed by atoms with Gasteiger partial charge in [-0.15, -0.1) is 0 Å². The second-order valence-corrected chi connectivity index (χ2v) is 11.2. The first-order valence-corrected chi connectivity index (χ1v) is 15.8. The van der Waals surface area contributed by atoms with Crippen molar-refractivity contribution in [1.82, 2.24) is 5.32 Å². The summed E-state index contributed by atoms with van der Waals surface area (Å²) in [5.74, 6) is -1.02. The van der Waals surface area contributed by atoms with Crippen molar-refractivity contribution >= 4 is 16.0 Å². The summed E-state index contributed by atoms with van der Waals surface area (Å²) in [5.41, 5.74) is 0. The summed E-state index contributed by atoms with van der Waals surface area (Å²) in [5, 5.41) is 12.9. The number of aliphatic hydroxyl groups excluding tert-OH is 1. The molecule has 210 valence electrons. The van der Waals surface area contributed by atoms with E-state index in [1.807, 2.05) is 0 Å². The Kier molecular flexibility index (Phi) is 23.0. The van der Waals surface area contributed by atoms with Gasteiger partial charge in [0.25, 0.3) is 10.1 Å². The van der Waals surface area contributed by atoms with Crippen LogP contribution in [0, 0.1) is 0 Å². The van der Waals surface area contributed by atoms with Gasteiger partial charge in [0.1, 0.15) is 0 Å². The molecule has 0 aliphatic rings. The van der Waals surface area contributed by atoms with Crippen molar-refractivity contribution in [2.24, 2.45) is 0 Å². The summed E-state index contributed by atoms with van der Waals surface area (Å²) in [6, 6.07) is -1.07. The number of rotatable bonds is 24. The van der Waals surface area contributed by atoms with Crippen LogP contribution in [0.15, 0.2) is 36.5 Å². The predicted molar refractivity (Wildman–Crippen MR) is 152 cm³/mol. The van der Waals surface area contributed by atoms with Crippen LogP contribution in [-0.4, -0.2) is 41.9 Å². The zero-order valence-corrected chi connectivity index (χ0v) is 23.7. The fraction of sp³-hybridized carbons (Fsp3) is 0.759. The van der Waals surface area contributed by atoms with E-state index in [0.717, 1.165) is 51.4 Å². The van der Waals surface area contributed by atoms with E-state index in [-0.39, 0.29) is 12.3 Å². The van der Waals surface area contributed by atoms with Crippen LogP contribution in [0.3, 0.4) is 0 Å². The molecule has 0 saturated heterocycles. The van der Waals surface area contributed by atoms with Gasteiger partial charge in [0.05, 0.1) is 17.9 Å². The molecule has 0 radical (unpaired) electrons. The van der Waals surface area contributed by atoms with Crippen molar-refractivity contribution in [2.45, 2.75) is 135 Å². The molecule has 0 fully saturated rings. The number of hydrogen-bond donors (Lipinski definition) is 3. The molecule has 2 unspecified atom stereocenters. The number of carbonyl (C=O) groups excluding carboxylic acids is 1. The molecule has 0 aromatic carbocycles. The van der Waals surface area contributed by atoms with Crippen molar-refractivity contribution in [3.8, 4) is 0 Å². The maximum atomic E-state index is 12.3. The minimum absolute atomic E-state index is 0.276. The Labute approximate surface area is 221 Å². The monoisotopic (exact) mass is 527 g/mol. The first-order valence-electron chi connectivity index (χ1n) is 14.2. The van der Waals surface area contributed by atoms with E-state index >= 15 is 0 Å². The molecule has 0 rings (SSSR count). The van der Waals surface area contributed by atoms with Crippen molar-refractivity contribution in [3.05, 3.63) is 36.5 Å². The standard InChI is InChI=1S/C29H53NO5S/c1-3-5-7-9-11-12-13-14-15-16-17-19-21-23-25-29(32)30-27(26-36(33,34)35)28(31)24-22-20-18-10-8-6-4-2/h8,10,13-14,22,24,27-28,31H,3-7,9,11-12,15-21,23,25-26H2,1-2H3,(H,30,32)(H,33,34,35)/b10-8+,14-13-,24-22+. The van der Waals surface area contributed by atoms with E-state index in [1.165, 1.54) is 44.6 Å². The molecule has 0 aliphatic heterocycles. The third-order valence-corrected chi connectivity index (χ3v) is 6.80. The number of carbonyl (C=O) groups is 1. The average molecular weight is 528 g/mol. The Hall–Kier alpha value is -1.44. The van der Waals surface area contributed by atoms with Crippen molar-refractivity contribution < 1.29 is 22.9 Å². The average Bonchev–Trinajstić information content (AvgIpc) is 2.82. The van der Waals surface area contributed by atoms with Gasteiger partial charge in [-0.2, -0.15) is 8.42 Å². The van der Waals surface area contributed by atoms with Crippen LogP contribution in [-0.2, 0) is 14.9 Å². The minimum Gasteiger partial charge on any atom is -0.387 e. The van der Waals surface area contributed by atoms with Crippen LogP contribution in [0.4, 0.5) is 0 Å². The van der Waals surface area contributed by atoms with Crippen LogP contribution in [0.25, 0.3) is 0 Å². The Morgan fingerprint density at radius 2 is 1.25 bits per heavy atom. The lowest BCUT2D eigenvalue weighted by molar-refractivity contribution is -0.122. The molecule has 0 spiro atoms. The lowest BCUT2D eigenvalue weighted by Crippen LogP contribution is -2.46. The first kappa shape index (κ1) is 34.6. The molecule has 0 heterocycles. The summed E-state index contributed by atoms with van der Waals surface area (Å²) in [6.45, 7) is 4.35. The molecule has 0 saturated carbocycles. The Balaban J connectivity index is 4.11. The van der Waals surface area contributed by atoms with Crippen LogP contribution >= 0.6 is 0 Å². The SMILES string of the molecule is CCC/C=C/CC/C=C/C(O)C(CS(=O)(=O)O)NC(=O)CCCCCCC/C=C\CCCCCCC. The summed E-state index contributed by atoms with van der Waals surface area (Å²) in [4.78, 5) is 12.3. The van der Waals surface area contributed by atoms with Gasteiger partial charge in [0.15, 0.2) is 0 Å². The normalized spacial score (nSPS) is 14.2. The number of hydrogen-bond acceptors (Lipinski definition) is 4. The molecule has 0 bridgehead atoms. The van der Waals surface area contributed by atoms with E-state index in [4.69, 9.17) is 0 Å². The molecule has 7 heteroatoms. The highest BCUT2D eigenvalue weighted by atomic mass is 32.2. The Bertz CT molecular complexity index is 715. The fourth-order valence-electron chi connectivity index (χ4n) is 3.88. The fourth-order valence-corrected chi connectivity index (χ4v) is 4.61. The molecule has 0 aromatic heterocycles. The summed E-state index contributed by atoms with van der Waals surface area (Å²) >= 11 is 0. The van der Waals surface area contributed by atoms with Gasteiger partial charge < -0.3 is 10.4 Å². The highest BCUT2D eigenvalue weighted by Crippen LogP contribution is 2.10. The number of aliphatic hydroxyl groups is 1. The largest absolute Gasteiger partial charge is 0.387 e. The molecule has 0 aromatic rings. The second-order valence-electron chi connectivity index (χ2n) is 9.66. The van der Waals surface area contributed by atoms with Crippen molar-refractivity contribution in [3.63, 3.8) is 0 Å². The highest BCUT2D eigenvalue weighted by Gasteiger charge is 2.24. The van der Waals surface area contributed by atoms with E-state index in [1.54, 1.807) is 6.08 Å². The van der Waals surface area contributed by atoms with Gasteiger partial charge in [-0.25, -0.2) is 0 Å². The highest BCUT2D eigenvalue weighted by molar-refractivity contribution is 7.85. The number of amides is 1. The van der Waals surface area contributed by atoms with Crippen LogP contribution in [0.2, 0.25) is 0 Å². The van der Waals surface area contributed by atoms with Gasteiger partial charge in [0.2, 0.25) is 5.91 Å². The topological polar surface area (TPSA) is 104 Å². The molecular formula is C29H53NO5S. The lowest BCUT2D eigenvalue weighted by atomic mass is 10.1. The van der Waals surface area contributed by atoms with Gasteiger partial charge in [0, 0.05) is 6.42 Å². The van der Waals surface area contributed by atoms with Crippen LogP contribution < -0.4 is 5.32 Å². The Morgan fingerprint density at radius 3 is 1.86 bits per heavy atom. The predicted octanol–water partition coefficient (Wildman–Crippen LogP) is 7.06. The van der Waals surface area contributed by atoms with Gasteiger partial charge in [-0.3, -0.25) is 9.35 Å². The van der Waals surface area contributed by atoms with E-state index in [9.17, 15) is 22.9 Å². The summed E-state index contributed by atoms with van der Waals surface area (Å²) < 4.78 is 31.9. The van der Waals surface area contributed by atoms with E-state index in [0.29, 0.717) is 12.8 Å². The molecular weight excluding hydrogens is 474 g/mol. The Morgan fingerprint density at radius 1 is 0.722 bits per heavy atom. The quantitative estimate of drug-likeness (QED) is 0.0708. The molecule has 0 aliphatic carbocycles. The molecule has 3 N–H and O–H groups in total. The van der Waals surface area contributed by atoms with Gasteiger partial charge >= 0.3 is 0 Å². The third kappa shape index (κ3) is 24.3. The van der Waals surface area contributed by atoms with Gasteiger partial charge in [-0.1, -0.05) is 102 Å². The molecule has 2 atom stereocenters. The molecule has 1 amide bonds.